The number of carbonyl (C=O) groups excluding carboxylic acids is 1. The summed E-state index contributed by atoms with van der Waals surface area (Å²) in [4.78, 5) is 15.6. The van der Waals surface area contributed by atoms with Gasteiger partial charge in [0.1, 0.15) is 12.4 Å². The van der Waals surface area contributed by atoms with E-state index in [1.165, 1.54) is 26.2 Å². The number of carbonyl (C=O) groups is 1. The zero-order chi connectivity index (χ0) is 23.8. The molecule has 2 aromatic rings. The van der Waals surface area contributed by atoms with Crippen LogP contribution in [0.1, 0.15) is 43.7 Å². The lowest BCUT2D eigenvalue weighted by molar-refractivity contribution is -0.142. The largest absolute Gasteiger partial charge is 0.495 e. The van der Waals surface area contributed by atoms with Crippen LogP contribution < -0.4 is 14.5 Å². The van der Waals surface area contributed by atoms with Crippen LogP contribution in [0.25, 0.3) is 0 Å². The molecule has 2 aromatic carbocycles. The molecule has 1 heterocycles. The van der Waals surface area contributed by atoms with Crippen LogP contribution in [0, 0.1) is 0 Å². The number of halogens is 4. The fourth-order valence-electron chi connectivity index (χ4n) is 4.83. The van der Waals surface area contributed by atoms with Crippen molar-refractivity contribution < 1.29 is 27.4 Å². The van der Waals surface area contributed by atoms with Crippen molar-refractivity contribution in [1.82, 2.24) is 0 Å². The number of hydrogen-bond acceptors (Lipinski definition) is 5. The van der Waals surface area contributed by atoms with E-state index in [-0.39, 0.29) is 12.6 Å². The lowest BCUT2D eigenvalue weighted by Crippen LogP contribution is -2.52. The van der Waals surface area contributed by atoms with E-state index in [0.717, 1.165) is 43.0 Å². The monoisotopic (exact) mass is 482 g/mol. The predicted molar refractivity (Wildman–Crippen MR) is 121 cm³/mol. The maximum Gasteiger partial charge on any atom is 0.416 e. The molecule has 0 radical (unpaired) electrons. The fraction of sp³-hybridized carbons (Fsp3) is 0.458. The van der Waals surface area contributed by atoms with E-state index in [1.807, 2.05) is 11.0 Å². The number of alkyl halides is 3. The number of fused-ring (bicyclic) bond motifs is 1. The van der Waals surface area contributed by atoms with E-state index >= 15 is 0 Å². The van der Waals surface area contributed by atoms with Crippen LogP contribution >= 0.6 is 11.6 Å². The lowest BCUT2D eigenvalue weighted by atomic mass is 9.95. The Balaban J connectivity index is 1.71. The third-order valence-electron chi connectivity index (χ3n) is 6.49. The summed E-state index contributed by atoms with van der Waals surface area (Å²) in [7, 11) is 1.53. The topological polar surface area (TPSA) is 42.0 Å². The molecule has 0 spiro atoms. The van der Waals surface area contributed by atoms with E-state index < -0.39 is 17.3 Å². The Morgan fingerprint density at radius 3 is 2.45 bits per heavy atom. The van der Waals surface area contributed by atoms with Crippen molar-refractivity contribution in [3.8, 4) is 5.75 Å². The molecular weight excluding hydrogens is 457 g/mol. The number of ether oxygens (including phenoxy) is 2. The highest BCUT2D eigenvalue weighted by Gasteiger charge is 2.46. The number of anilines is 2. The maximum absolute atomic E-state index is 13.5. The SMILES string of the molecule is COc1ccc(CN2CN(C3(COC(C)=O)CCCC3)c3ccc(C(F)(F)F)cc32)cc1Cl. The molecule has 0 N–H and O–H groups in total. The highest BCUT2D eigenvalue weighted by atomic mass is 35.5. The van der Waals surface area contributed by atoms with Crippen molar-refractivity contribution in [2.45, 2.75) is 50.9 Å². The van der Waals surface area contributed by atoms with E-state index in [1.54, 1.807) is 12.1 Å². The van der Waals surface area contributed by atoms with E-state index in [2.05, 4.69) is 4.90 Å². The normalized spacial score (nSPS) is 17.3. The number of benzene rings is 2. The second-order valence-corrected chi connectivity index (χ2v) is 9.06. The smallest absolute Gasteiger partial charge is 0.416 e. The zero-order valence-corrected chi connectivity index (χ0v) is 19.3. The molecule has 2 aliphatic rings. The highest BCUT2D eigenvalue weighted by molar-refractivity contribution is 6.32. The molecule has 0 unspecified atom stereocenters. The summed E-state index contributed by atoms with van der Waals surface area (Å²) in [6.45, 7) is 2.35. The van der Waals surface area contributed by atoms with Crippen LogP contribution in [0.2, 0.25) is 5.02 Å². The fourth-order valence-corrected chi connectivity index (χ4v) is 5.12. The van der Waals surface area contributed by atoms with Gasteiger partial charge in [-0.15, -0.1) is 0 Å². The molecular formula is C24H26ClF3N2O3. The molecule has 0 bridgehead atoms. The first-order valence-electron chi connectivity index (χ1n) is 10.8. The van der Waals surface area contributed by atoms with Gasteiger partial charge >= 0.3 is 12.1 Å². The zero-order valence-electron chi connectivity index (χ0n) is 18.5. The summed E-state index contributed by atoms with van der Waals surface area (Å²) in [5.41, 5.74) is 0.947. The van der Waals surface area contributed by atoms with Crippen LogP contribution in [-0.4, -0.2) is 31.9 Å². The first-order chi connectivity index (χ1) is 15.6. The Morgan fingerprint density at radius 1 is 1.12 bits per heavy atom. The van der Waals surface area contributed by atoms with Gasteiger partial charge in [-0.25, -0.2) is 0 Å². The van der Waals surface area contributed by atoms with Gasteiger partial charge in [-0.05, 0) is 48.7 Å². The molecule has 5 nitrogen and oxygen atoms in total. The standard InChI is InChI=1S/C24H26ClF3N2O3/c1-16(31)33-14-23(9-3-4-10-23)30-15-29(13-17-5-8-22(32-2)19(25)11-17)21-12-18(24(26,27)28)6-7-20(21)30/h5-8,11-12H,3-4,9-10,13-15H2,1-2H3. The van der Waals surface area contributed by atoms with E-state index in [0.29, 0.717) is 29.7 Å². The number of hydrogen-bond donors (Lipinski definition) is 0. The molecule has 1 saturated carbocycles. The molecule has 0 amide bonds. The predicted octanol–water partition coefficient (Wildman–Crippen LogP) is 6.03. The minimum atomic E-state index is -4.44. The minimum Gasteiger partial charge on any atom is -0.495 e. The third kappa shape index (κ3) is 4.71. The van der Waals surface area contributed by atoms with Gasteiger partial charge in [0, 0.05) is 13.5 Å². The molecule has 4 rings (SSSR count). The van der Waals surface area contributed by atoms with E-state index in [9.17, 15) is 18.0 Å². The van der Waals surface area contributed by atoms with Gasteiger partial charge in [-0.2, -0.15) is 13.2 Å². The number of methoxy groups -OCH3 is 1. The van der Waals surface area contributed by atoms with Crippen molar-refractivity contribution in [2.75, 3.05) is 30.2 Å². The number of esters is 1. The molecule has 0 saturated heterocycles. The molecule has 1 aliphatic carbocycles. The Hall–Kier alpha value is -2.61. The van der Waals surface area contributed by atoms with Crippen LogP contribution in [0.5, 0.6) is 5.75 Å². The first kappa shape index (κ1) is 23.5. The quantitative estimate of drug-likeness (QED) is 0.470. The lowest BCUT2D eigenvalue weighted by Gasteiger charge is -2.40. The summed E-state index contributed by atoms with van der Waals surface area (Å²) in [5.74, 6) is 0.173. The summed E-state index contributed by atoms with van der Waals surface area (Å²) >= 11 is 6.27. The number of rotatable bonds is 6. The Bertz CT molecular complexity index is 1040. The van der Waals surface area contributed by atoms with Gasteiger partial charge in [-0.1, -0.05) is 30.5 Å². The number of nitrogens with zero attached hydrogens (tertiary/aromatic N) is 2. The van der Waals surface area contributed by atoms with E-state index in [4.69, 9.17) is 21.1 Å². The molecule has 0 aromatic heterocycles. The first-order valence-corrected chi connectivity index (χ1v) is 11.2. The van der Waals surface area contributed by atoms with Gasteiger partial charge in [0.25, 0.3) is 0 Å². The van der Waals surface area contributed by atoms with Crippen molar-refractivity contribution in [3.05, 3.63) is 52.5 Å². The van der Waals surface area contributed by atoms with Crippen molar-refractivity contribution in [1.29, 1.82) is 0 Å². The van der Waals surface area contributed by atoms with Gasteiger partial charge in [0.15, 0.2) is 0 Å². The summed E-state index contributed by atoms with van der Waals surface area (Å²) < 4.78 is 51.1. The average molecular weight is 483 g/mol. The van der Waals surface area contributed by atoms with Crippen LogP contribution in [0.4, 0.5) is 24.5 Å². The Morgan fingerprint density at radius 2 is 1.85 bits per heavy atom. The molecule has 9 heteroatoms. The second-order valence-electron chi connectivity index (χ2n) is 8.65. The maximum atomic E-state index is 13.5. The average Bonchev–Trinajstić information content (AvgIpc) is 3.37. The van der Waals surface area contributed by atoms with Crippen LogP contribution in [0.15, 0.2) is 36.4 Å². The second kappa shape index (κ2) is 8.97. The molecule has 178 valence electrons. The molecule has 0 atom stereocenters. The molecule has 1 fully saturated rings. The van der Waals surface area contributed by atoms with Crippen molar-refractivity contribution in [2.24, 2.45) is 0 Å². The Kier molecular flexibility index (Phi) is 6.40. The summed E-state index contributed by atoms with van der Waals surface area (Å²) in [6.07, 6.45) is -0.879. The van der Waals surface area contributed by atoms with Crippen molar-refractivity contribution >= 4 is 28.9 Å². The van der Waals surface area contributed by atoms with Gasteiger partial charge in [0.2, 0.25) is 0 Å². The Labute approximate surface area is 196 Å². The van der Waals surface area contributed by atoms with Crippen LogP contribution in [-0.2, 0) is 22.3 Å². The van der Waals surface area contributed by atoms with Crippen molar-refractivity contribution in [3.63, 3.8) is 0 Å². The van der Waals surface area contributed by atoms with Gasteiger partial charge in [0.05, 0.1) is 41.3 Å². The molecule has 33 heavy (non-hydrogen) atoms. The van der Waals surface area contributed by atoms with Crippen LogP contribution in [0.3, 0.4) is 0 Å². The summed E-state index contributed by atoms with van der Waals surface area (Å²) in [5, 5.41) is 0.442. The summed E-state index contributed by atoms with van der Waals surface area (Å²) in [6, 6.07) is 9.22. The highest BCUT2D eigenvalue weighted by Crippen LogP contribution is 2.48. The molecule has 1 aliphatic heterocycles. The van der Waals surface area contributed by atoms with Gasteiger partial charge in [-0.3, -0.25) is 4.79 Å². The van der Waals surface area contributed by atoms with Gasteiger partial charge < -0.3 is 19.3 Å². The minimum absolute atomic E-state index is 0.213. The third-order valence-corrected chi connectivity index (χ3v) is 6.78.